The molecular weight excluding hydrogens is 244 g/mol. The lowest BCUT2D eigenvalue weighted by Crippen LogP contribution is -2.52. The molecule has 0 saturated carbocycles. The SMILES string of the molecule is CCOCCCNC(=O)C(C)N1CCC(C)C(O)C1. The van der Waals surface area contributed by atoms with E-state index in [0.717, 1.165) is 19.4 Å². The van der Waals surface area contributed by atoms with Crippen molar-refractivity contribution < 1.29 is 14.6 Å². The van der Waals surface area contributed by atoms with E-state index in [9.17, 15) is 9.90 Å². The van der Waals surface area contributed by atoms with E-state index in [-0.39, 0.29) is 18.1 Å². The van der Waals surface area contributed by atoms with Gasteiger partial charge in [0.15, 0.2) is 0 Å². The third-order valence-electron chi connectivity index (χ3n) is 3.85. The van der Waals surface area contributed by atoms with Crippen molar-refractivity contribution in [1.82, 2.24) is 10.2 Å². The predicted octanol–water partition coefficient (Wildman–Crippen LogP) is 0.620. The summed E-state index contributed by atoms with van der Waals surface area (Å²) >= 11 is 0. The van der Waals surface area contributed by atoms with Crippen LogP contribution in [0.3, 0.4) is 0 Å². The third-order valence-corrected chi connectivity index (χ3v) is 3.85. The molecule has 1 aliphatic rings. The average molecular weight is 272 g/mol. The van der Waals surface area contributed by atoms with Crippen molar-refractivity contribution in [1.29, 1.82) is 0 Å². The molecule has 19 heavy (non-hydrogen) atoms. The van der Waals surface area contributed by atoms with Crippen molar-refractivity contribution >= 4 is 5.91 Å². The van der Waals surface area contributed by atoms with Gasteiger partial charge in [0.05, 0.1) is 12.1 Å². The van der Waals surface area contributed by atoms with Crippen molar-refractivity contribution in [2.24, 2.45) is 5.92 Å². The molecule has 0 spiro atoms. The Balaban J connectivity index is 2.24. The van der Waals surface area contributed by atoms with E-state index >= 15 is 0 Å². The van der Waals surface area contributed by atoms with Gasteiger partial charge >= 0.3 is 0 Å². The molecule has 1 heterocycles. The molecule has 1 saturated heterocycles. The molecule has 5 heteroatoms. The minimum absolute atomic E-state index is 0.0400. The Kier molecular flexibility index (Phi) is 7.34. The molecule has 1 aliphatic heterocycles. The Morgan fingerprint density at radius 3 is 2.95 bits per heavy atom. The van der Waals surface area contributed by atoms with E-state index in [1.165, 1.54) is 0 Å². The first kappa shape index (κ1) is 16.4. The highest BCUT2D eigenvalue weighted by atomic mass is 16.5. The molecule has 1 fully saturated rings. The van der Waals surface area contributed by atoms with Crippen LogP contribution in [0.2, 0.25) is 0 Å². The van der Waals surface area contributed by atoms with E-state index < -0.39 is 0 Å². The molecule has 0 aromatic heterocycles. The number of nitrogens with zero attached hydrogens (tertiary/aromatic N) is 1. The summed E-state index contributed by atoms with van der Waals surface area (Å²) < 4.78 is 5.22. The summed E-state index contributed by atoms with van der Waals surface area (Å²) in [5, 5.41) is 12.8. The Morgan fingerprint density at radius 2 is 2.32 bits per heavy atom. The van der Waals surface area contributed by atoms with Gasteiger partial charge in [0.1, 0.15) is 0 Å². The lowest BCUT2D eigenvalue weighted by Gasteiger charge is -2.37. The zero-order valence-corrected chi connectivity index (χ0v) is 12.4. The number of aliphatic hydroxyl groups excluding tert-OH is 1. The van der Waals surface area contributed by atoms with Gasteiger partial charge in [-0.15, -0.1) is 0 Å². The Hall–Kier alpha value is -0.650. The van der Waals surface area contributed by atoms with Crippen LogP contribution in [0, 0.1) is 5.92 Å². The van der Waals surface area contributed by atoms with Crippen LogP contribution in [0.5, 0.6) is 0 Å². The zero-order chi connectivity index (χ0) is 14.3. The summed E-state index contributed by atoms with van der Waals surface area (Å²) in [7, 11) is 0. The molecule has 0 aromatic rings. The van der Waals surface area contributed by atoms with Crippen LogP contribution in [0.25, 0.3) is 0 Å². The van der Waals surface area contributed by atoms with E-state index in [1.807, 2.05) is 13.8 Å². The number of rotatable bonds is 7. The van der Waals surface area contributed by atoms with Crippen LogP contribution in [0.1, 0.15) is 33.6 Å². The van der Waals surface area contributed by atoms with Crippen molar-refractivity contribution in [3.63, 3.8) is 0 Å². The van der Waals surface area contributed by atoms with Gasteiger partial charge in [-0.05, 0) is 39.2 Å². The van der Waals surface area contributed by atoms with Crippen LogP contribution >= 0.6 is 0 Å². The Morgan fingerprint density at radius 1 is 1.58 bits per heavy atom. The van der Waals surface area contributed by atoms with Gasteiger partial charge in [0, 0.05) is 26.3 Å². The van der Waals surface area contributed by atoms with Gasteiger partial charge < -0.3 is 15.2 Å². The Labute approximate surface area is 116 Å². The number of carbonyl (C=O) groups is 1. The number of hydrogen-bond donors (Lipinski definition) is 2. The third kappa shape index (κ3) is 5.47. The molecular formula is C14H28N2O3. The quantitative estimate of drug-likeness (QED) is 0.667. The van der Waals surface area contributed by atoms with Crippen LogP contribution in [0.15, 0.2) is 0 Å². The maximum atomic E-state index is 12.0. The number of nitrogens with one attached hydrogen (secondary N) is 1. The summed E-state index contributed by atoms with van der Waals surface area (Å²) in [4.78, 5) is 14.0. The first-order chi connectivity index (χ1) is 9.06. The van der Waals surface area contributed by atoms with Gasteiger partial charge in [-0.1, -0.05) is 6.92 Å². The van der Waals surface area contributed by atoms with Crippen LogP contribution in [0.4, 0.5) is 0 Å². The molecule has 112 valence electrons. The number of ether oxygens (including phenoxy) is 1. The van der Waals surface area contributed by atoms with E-state index in [0.29, 0.717) is 32.2 Å². The summed E-state index contributed by atoms with van der Waals surface area (Å²) in [6.07, 6.45) is 1.47. The van der Waals surface area contributed by atoms with Gasteiger partial charge in [-0.3, -0.25) is 9.69 Å². The highest BCUT2D eigenvalue weighted by Crippen LogP contribution is 2.18. The molecule has 0 bridgehead atoms. The second-order valence-electron chi connectivity index (χ2n) is 5.35. The molecule has 0 aliphatic carbocycles. The lowest BCUT2D eigenvalue weighted by molar-refractivity contribution is -0.127. The number of piperidine rings is 1. The van der Waals surface area contributed by atoms with E-state index in [4.69, 9.17) is 4.74 Å². The number of amides is 1. The van der Waals surface area contributed by atoms with Gasteiger partial charge in [0.25, 0.3) is 0 Å². The number of hydrogen-bond acceptors (Lipinski definition) is 4. The van der Waals surface area contributed by atoms with Crippen molar-refractivity contribution in [3.8, 4) is 0 Å². The van der Waals surface area contributed by atoms with Crippen LogP contribution in [-0.4, -0.2) is 60.9 Å². The molecule has 0 radical (unpaired) electrons. The standard InChI is InChI=1S/C14H28N2O3/c1-4-19-9-5-7-15-14(18)12(3)16-8-6-11(2)13(17)10-16/h11-13,17H,4-10H2,1-3H3,(H,15,18). The van der Waals surface area contributed by atoms with E-state index in [2.05, 4.69) is 17.1 Å². The minimum Gasteiger partial charge on any atom is -0.392 e. The summed E-state index contributed by atoms with van der Waals surface area (Å²) in [5.74, 6) is 0.371. The number of aliphatic hydroxyl groups is 1. The average Bonchev–Trinajstić information content (AvgIpc) is 2.40. The second-order valence-corrected chi connectivity index (χ2v) is 5.35. The predicted molar refractivity (Wildman–Crippen MR) is 74.9 cm³/mol. The summed E-state index contributed by atoms with van der Waals surface area (Å²) in [5.41, 5.74) is 0. The molecule has 0 aromatic carbocycles. The van der Waals surface area contributed by atoms with Gasteiger partial charge in [0.2, 0.25) is 5.91 Å². The van der Waals surface area contributed by atoms with Crippen molar-refractivity contribution in [2.45, 2.75) is 45.8 Å². The van der Waals surface area contributed by atoms with Crippen molar-refractivity contribution in [3.05, 3.63) is 0 Å². The zero-order valence-electron chi connectivity index (χ0n) is 12.4. The molecule has 3 atom stereocenters. The lowest BCUT2D eigenvalue weighted by atomic mass is 9.95. The monoisotopic (exact) mass is 272 g/mol. The first-order valence-electron chi connectivity index (χ1n) is 7.33. The molecule has 1 amide bonds. The Bertz CT molecular complexity index is 273. The fourth-order valence-corrected chi connectivity index (χ4v) is 2.27. The highest BCUT2D eigenvalue weighted by Gasteiger charge is 2.29. The number of β-amino-alcohol motifs (C(OH)–C–C–N with tert-alkyl or cyclic N) is 1. The fraction of sp³-hybridized carbons (Fsp3) is 0.929. The summed E-state index contributed by atoms with van der Waals surface area (Å²) in [6.45, 7) is 9.44. The fourth-order valence-electron chi connectivity index (χ4n) is 2.27. The molecule has 2 N–H and O–H groups in total. The normalized spacial score (nSPS) is 26.1. The van der Waals surface area contributed by atoms with Crippen molar-refractivity contribution in [2.75, 3.05) is 32.8 Å². The van der Waals surface area contributed by atoms with Gasteiger partial charge in [-0.25, -0.2) is 0 Å². The van der Waals surface area contributed by atoms with E-state index in [1.54, 1.807) is 0 Å². The smallest absolute Gasteiger partial charge is 0.237 e. The first-order valence-corrected chi connectivity index (χ1v) is 7.33. The maximum Gasteiger partial charge on any atom is 0.237 e. The molecule has 3 unspecified atom stereocenters. The number of carbonyl (C=O) groups excluding carboxylic acids is 1. The second kappa shape index (κ2) is 8.51. The maximum absolute atomic E-state index is 12.0. The molecule has 5 nitrogen and oxygen atoms in total. The van der Waals surface area contributed by atoms with Crippen LogP contribution in [-0.2, 0) is 9.53 Å². The van der Waals surface area contributed by atoms with Crippen LogP contribution < -0.4 is 5.32 Å². The highest BCUT2D eigenvalue weighted by molar-refractivity contribution is 5.81. The minimum atomic E-state index is -0.318. The van der Waals surface area contributed by atoms with Gasteiger partial charge in [-0.2, -0.15) is 0 Å². The topological polar surface area (TPSA) is 61.8 Å². The number of likely N-dealkylation sites (tertiary alicyclic amines) is 1. The largest absolute Gasteiger partial charge is 0.392 e. The molecule has 1 rings (SSSR count). The summed E-state index contributed by atoms with van der Waals surface area (Å²) in [6, 6.07) is -0.172.